The van der Waals surface area contributed by atoms with Gasteiger partial charge in [-0.3, -0.25) is 14.4 Å². The van der Waals surface area contributed by atoms with Crippen molar-refractivity contribution in [3.63, 3.8) is 0 Å². The first kappa shape index (κ1) is 19.6. The van der Waals surface area contributed by atoms with Crippen molar-refractivity contribution in [1.82, 2.24) is 14.7 Å². The van der Waals surface area contributed by atoms with Crippen LogP contribution in [0, 0.1) is 0 Å². The van der Waals surface area contributed by atoms with Gasteiger partial charge in [0.2, 0.25) is 0 Å². The average molecular weight is 393 g/mol. The van der Waals surface area contributed by atoms with Crippen LogP contribution in [0.4, 0.5) is 0 Å². The molecule has 0 saturated carbocycles. The first-order valence-electron chi connectivity index (χ1n) is 10.1. The molecule has 6 nitrogen and oxygen atoms in total. The summed E-state index contributed by atoms with van der Waals surface area (Å²) in [7, 11) is 3.55. The Morgan fingerprint density at radius 2 is 1.90 bits per heavy atom. The number of hydrogen-bond acceptors (Lipinski definition) is 5. The lowest BCUT2D eigenvalue weighted by molar-refractivity contribution is 0.0371. The van der Waals surface area contributed by atoms with Gasteiger partial charge in [0.25, 0.3) is 0 Å². The highest BCUT2D eigenvalue weighted by molar-refractivity contribution is 5.95. The predicted octanol–water partition coefficient (Wildman–Crippen LogP) is 3.54. The number of fused-ring (bicyclic) bond motifs is 1. The Balaban J connectivity index is 1.47. The van der Waals surface area contributed by atoms with Crippen molar-refractivity contribution in [2.75, 3.05) is 40.0 Å². The van der Waals surface area contributed by atoms with Crippen LogP contribution in [0.25, 0.3) is 22.0 Å². The van der Waals surface area contributed by atoms with Crippen LogP contribution in [0.15, 0.2) is 42.5 Å². The van der Waals surface area contributed by atoms with Gasteiger partial charge in [0.15, 0.2) is 5.78 Å². The molecule has 1 aliphatic rings. The summed E-state index contributed by atoms with van der Waals surface area (Å²) >= 11 is 0. The molecule has 0 N–H and O–H groups in total. The van der Waals surface area contributed by atoms with E-state index in [0.29, 0.717) is 12.1 Å². The van der Waals surface area contributed by atoms with E-state index >= 15 is 0 Å². The van der Waals surface area contributed by atoms with Gasteiger partial charge in [0, 0.05) is 32.1 Å². The lowest BCUT2D eigenvalue weighted by Crippen LogP contribution is -2.36. The highest BCUT2D eigenvalue weighted by atomic mass is 16.5. The highest BCUT2D eigenvalue weighted by Crippen LogP contribution is 2.27. The first-order chi connectivity index (χ1) is 14.1. The van der Waals surface area contributed by atoms with Gasteiger partial charge in [-0.2, -0.15) is 5.10 Å². The van der Waals surface area contributed by atoms with E-state index in [-0.39, 0.29) is 5.78 Å². The van der Waals surface area contributed by atoms with Gasteiger partial charge in [-0.15, -0.1) is 0 Å². The zero-order chi connectivity index (χ0) is 20.2. The molecule has 0 radical (unpaired) electrons. The molecule has 0 amide bonds. The molecule has 1 saturated heterocycles. The van der Waals surface area contributed by atoms with Crippen LogP contribution in [0.5, 0.6) is 5.75 Å². The van der Waals surface area contributed by atoms with Crippen LogP contribution < -0.4 is 4.74 Å². The van der Waals surface area contributed by atoms with E-state index in [1.807, 2.05) is 31.3 Å². The monoisotopic (exact) mass is 393 g/mol. The Morgan fingerprint density at radius 1 is 1.10 bits per heavy atom. The molecule has 0 aliphatic carbocycles. The quantitative estimate of drug-likeness (QED) is 0.575. The standard InChI is InChI=1S/C23H27N3O3/c1-25-22(18-6-5-17-7-8-20(28-2)15-19(17)14-18)16-21(24-25)23(27)4-3-9-26-10-12-29-13-11-26/h5-8,14-16H,3-4,9-13H2,1-2H3. The summed E-state index contributed by atoms with van der Waals surface area (Å²) in [6, 6.07) is 14.2. The number of rotatable bonds is 7. The molecule has 1 aliphatic heterocycles. The summed E-state index contributed by atoms with van der Waals surface area (Å²) in [4.78, 5) is 15.0. The SMILES string of the molecule is COc1ccc2ccc(-c3cc(C(=O)CCCN4CCOCC4)nn3C)cc2c1. The minimum atomic E-state index is 0.0996. The molecular weight excluding hydrogens is 366 g/mol. The van der Waals surface area contributed by atoms with Gasteiger partial charge in [0.05, 0.1) is 26.0 Å². The number of nitrogens with zero attached hydrogens (tertiary/aromatic N) is 3. The molecule has 0 atom stereocenters. The maximum absolute atomic E-state index is 12.6. The Kier molecular flexibility index (Phi) is 5.92. The normalized spacial score (nSPS) is 15.0. The van der Waals surface area contributed by atoms with E-state index in [1.165, 1.54) is 0 Å². The number of ether oxygens (including phenoxy) is 2. The molecule has 29 heavy (non-hydrogen) atoms. The molecule has 0 unspecified atom stereocenters. The minimum absolute atomic E-state index is 0.0996. The second kappa shape index (κ2) is 8.76. The van der Waals surface area contributed by atoms with Crippen molar-refractivity contribution in [2.45, 2.75) is 12.8 Å². The van der Waals surface area contributed by atoms with Crippen LogP contribution >= 0.6 is 0 Å². The fraction of sp³-hybridized carbons (Fsp3) is 0.391. The summed E-state index contributed by atoms with van der Waals surface area (Å²) in [5.74, 6) is 0.929. The molecule has 1 fully saturated rings. The number of benzene rings is 2. The number of Topliss-reactive ketones (excluding diaryl/α,β-unsaturated/α-hetero) is 1. The maximum Gasteiger partial charge on any atom is 0.183 e. The molecule has 6 heteroatoms. The predicted molar refractivity (Wildman–Crippen MR) is 114 cm³/mol. The molecular formula is C23H27N3O3. The Labute approximate surface area is 171 Å². The second-order valence-corrected chi connectivity index (χ2v) is 7.45. The summed E-state index contributed by atoms with van der Waals surface area (Å²) in [6.45, 7) is 4.41. The summed E-state index contributed by atoms with van der Waals surface area (Å²) in [6.07, 6.45) is 1.36. The number of hydrogen-bond donors (Lipinski definition) is 0. The fourth-order valence-electron chi connectivity index (χ4n) is 3.80. The van der Waals surface area contributed by atoms with Crippen molar-refractivity contribution in [3.8, 4) is 17.0 Å². The van der Waals surface area contributed by atoms with Crippen molar-refractivity contribution < 1.29 is 14.3 Å². The molecule has 1 aromatic heterocycles. The minimum Gasteiger partial charge on any atom is -0.497 e. The van der Waals surface area contributed by atoms with Gasteiger partial charge in [-0.1, -0.05) is 18.2 Å². The number of aromatic nitrogens is 2. The van der Waals surface area contributed by atoms with Crippen LogP contribution in [0.3, 0.4) is 0 Å². The molecule has 0 bridgehead atoms. The number of carbonyl (C=O) groups excluding carboxylic acids is 1. The van der Waals surface area contributed by atoms with Crippen LogP contribution in [-0.2, 0) is 11.8 Å². The zero-order valence-corrected chi connectivity index (χ0v) is 17.1. The van der Waals surface area contributed by atoms with Crippen molar-refractivity contribution in [2.24, 2.45) is 7.05 Å². The topological polar surface area (TPSA) is 56.6 Å². The Morgan fingerprint density at radius 3 is 2.69 bits per heavy atom. The van der Waals surface area contributed by atoms with Crippen molar-refractivity contribution >= 4 is 16.6 Å². The average Bonchev–Trinajstić information content (AvgIpc) is 3.15. The third kappa shape index (κ3) is 4.49. The smallest absolute Gasteiger partial charge is 0.183 e. The highest BCUT2D eigenvalue weighted by Gasteiger charge is 2.16. The van der Waals surface area contributed by atoms with Crippen molar-refractivity contribution in [3.05, 3.63) is 48.2 Å². The third-order valence-electron chi connectivity index (χ3n) is 5.49. The number of methoxy groups -OCH3 is 1. The summed E-state index contributed by atoms with van der Waals surface area (Å²) < 4.78 is 12.5. The van der Waals surface area contributed by atoms with Gasteiger partial charge in [-0.25, -0.2) is 0 Å². The molecule has 2 aromatic carbocycles. The van der Waals surface area contributed by atoms with E-state index < -0.39 is 0 Å². The first-order valence-corrected chi connectivity index (χ1v) is 10.1. The molecule has 2 heterocycles. The van der Waals surface area contributed by atoms with Gasteiger partial charge in [0.1, 0.15) is 11.4 Å². The largest absolute Gasteiger partial charge is 0.497 e. The summed E-state index contributed by atoms with van der Waals surface area (Å²) in [5.41, 5.74) is 2.51. The number of aryl methyl sites for hydroxylation is 1. The zero-order valence-electron chi connectivity index (χ0n) is 17.1. The van der Waals surface area contributed by atoms with Crippen LogP contribution in [-0.4, -0.2) is 60.4 Å². The third-order valence-corrected chi connectivity index (χ3v) is 5.49. The Hall–Kier alpha value is -2.70. The molecule has 0 spiro atoms. The van der Waals surface area contributed by atoms with E-state index in [1.54, 1.807) is 11.8 Å². The Bertz CT molecular complexity index is 1010. The fourth-order valence-corrected chi connectivity index (χ4v) is 3.80. The lowest BCUT2D eigenvalue weighted by Gasteiger charge is -2.26. The van der Waals surface area contributed by atoms with Gasteiger partial charge in [-0.05, 0) is 48.0 Å². The van der Waals surface area contributed by atoms with Gasteiger partial charge >= 0.3 is 0 Å². The van der Waals surface area contributed by atoms with Crippen LogP contribution in [0.1, 0.15) is 23.3 Å². The van der Waals surface area contributed by atoms with E-state index in [0.717, 1.165) is 67.0 Å². The maximum atomic E-state index is 12.6. The number of morpholine rings is 1. The second-order valence-electron chi connectivity index (χ2n) is 7.45. The van der Waals surface area contributed by atoms with Gasteiger partial charge < -0.3 is 9.47 Å². The molecule has 4 rings (SSSR count). The lowest BCUT2D eigenvalue weighted by atomic mass is 10.0. The van der Waals surface area contributed by atoms with E-state index in [4.69, 9.17) is 9.47 Å². The van der Waals surface area contributed by atoms with Crippen LogP contribution in [0.2, 0.25) is 0 Å². The van der Waals surface area contributed by atoms with E-state index in [2.05, 4.69) is 28.2 Å². The molecule has 3 aromatic rings. The van der Waals surface area contributed by atoms with E-state index in [9.17, 15) is 4.79 Å². The summed E-state index contributed by atoms with van der Waals surface area (Å²) in [5, 5.41) is 6.72. The van der Waals surface area contributed by atoms with Crippen molar-refractivity contribution in [1.29, 1.82) is 0 Å². The molecule has 152 valence electrons. The number of carbonyl (C=O) groups is 1. The number of ketones is 1.